The Morgan fingerprint density at radius 3 is 2.38 bits per heavy atom. The molecule has 1 saturated carbocycles. The van der Waals surface area contributed by atoms with E-state index < -0.39 is 16.3 Å². The second kappa shape index (κ2) is 15.9. The molecule has 1 aliphatic carbocycles. The highest BCUT2D eigenvalue weighted by Gasteiger charge is 2.52. The van der Waals surface area contributed by atoms with Gasteiger partial charge in [-0.25, -0.2) is 4.39 Å². The number of hydrogen-bond donors (Lipinski definition) is 3. The summed E-state index contributed by atoms with van der Waals surface area (Å²) in [6.07, 6.45) is 8.00. The highest BCUT2D eigenvalue weighted by atomic mass is 35.5. The topological polar surface area (TPSA) is 132 Å². The van der Waals surface area contributed by atoms with E-state index in [2.05, 4.69) is 15.5 Å². The Kier molecular flexibility index (Phi) is 12.4. The molecular formula is C31H53ClFN5O6S. The van der Waals surface area contributed by atoms with Crippen molar-refractivity contribution in [1.29, 1.82) is 0 Å². The van der Waals surface area contributed by atoms with Crippen LogP contribution in [0.1, 0.15) is 83.5 Å². The number of ether oxygens (including phenoxy) is 1. The van der Waals surface area contributed by atoms with E-state index in [0.717, 1.165) is 58.3 Å². The zero-order valence-electron chi connectivity index (χ0n) is 26.5. The van der Waals surface area contributed by atoms with E-state index >= 15 is 4.39 Å². The summed E-state index contributed by atoms with van der Waals surface area (Å²) >= 11 is 6.16. The van der Waals surface area contributed by atoms with Crippen molar-refractivity contribution in [2.45, 2.75) is 113 Å². The zero-order valence-corrected chi connectivity index (χ0v) is 28.1. The number of piperidine rings is 1. The van der Waals surface area contributed by atoms with Crippen molar-refractivity contribution in [2.24, 2.45) is 11.8 Å². The number of alkyl halides is 2. The van der Waals surface area contributed by atoms with E-state index in [-0.39, 0.29) is 66.1 Å². The Balaban J connectivity index is 0.937. The molecule has 11 nitrogen and oxygen atoms in total. The van der Waals surface area contributed by atoms with Crippen molar-refractivity contribution in [3.63, 3.8) is 0 Å². The first-order valence-corrected chi connectivity index (χ1v) is 19.2. The molecule has 5 aliphatic rings. The number of nitrogens with zero attached hydrogens (tertiary/aromatic N) is 3. The first-order chi connectivity index (χ1) is 21.5. The van der Waals surface area contributed by atoms with Crippen LogP contribution in [0.4, 0.5) is 4.39 Å². The van der Waals surface area contributed by atoms with Crippen molar-refractivity contribution in [1.82, 2.24) is 25.3 Å². The van der Waals surface area contributed by atoms with Crippen LogP contribution in [0.15, 0.2) is 0 Å². The summed E-state index contributed by atoms with van der Waals surface area (Å²) in [5, 5.41) is 7.10. The van der Waals surface area contributed by atoms with Crippen LogP contribution in [0.3, 0.4) is 0 Å². The number of rotatable bonds is 13. The number of carbonyl (C=O) groups excluding carboxylic acids is 2. The minimum Gasteiger partial charge on any atom is -0.378 e. The highest BCUT2D eigenvalue weighted by molar-refractivity contribution is 7.85. The number of hydrogen-bond acceptors (Lipinski definition) is 8. The van der Waals surface area contributed by atoms with Gasteiger partial charge in [-0.3, -0.25) is 29.7 Å². The fourth-order valence-corrected chi connectivity index (χ4v) is 8.75. The third-order valence-corrected chi connectivity index (χ3v) is 12.0. The molecule has 1 spiro atoms. The molecule has 4 unspecified atom stereocenters. The molecule has 4 saturated heterocycles. The SMILES string of the molecule is O=C(CC1CCC(OCCCC2CCN(C3NCC(Cl)CN3)CC2)CC1F)N1CCC2(CCN2C(=O)CCCCS(=O)(=O)O)C1. The van der Waals surface area contributed by atoms with Gasteiger partial charge >= 0.3 is 0 Å². The summed E-state index contributed by atoms with van der Waals surface area (Å²) in [5.41, 5.74) is -0.342. The second-order valence-electron chi connectivity index (χ2n) is 14.1. The van der Waals surface area contributed by atoms with Gasteiger partial charge in [0.25, 0.3) is 10.1 Å². The average molecular weight is 678 g/mol. The van der Waals surface area contributed by atoms with Gasteiger partial charge in [0, 0.05) is 71.7 Å². The van der Waals surface area contributed by atoms with Crippen LogP contribution in [0.2, 0.25) is 0 Å². The van der Waals surface area contributed by atoms with Gasteiger partial charge in [0.1, 0.15) is 12.5 Å². The van der Waals surface area contributed by atoms with Crippen LogP contribution >= 0.6 is 11.6 Å². The molecule has 45 heavy (non-hydrogen) atoms. The lowest BCUT2D eigenvalue weighted by Gasteiger charge is -2.50. The van der Waals surface area contributed by atoms with Crippen molar-refractivity contribution in [3.05, 3.63) is 0 Å². The first kappa shape index (κ1) is 35.2. The zero-order chi connectivity index (χ0) is 32.0. The molecule has 2 amide bonds. The minimum absolute atomic E-state index is 0.0318. The number of likely N-dealkylation sites (tertiary alicyclic amines) is 3. The van der Waals surface area contributed by atoms with Gasteiger partial charge < -0.3 is 14.5 Å². The van der Waals surface area contributed by atoms with E-state index in [1.807, 2.05) is 4.90 Å². The average Bonchev–Trinajstić information content (AvgIpc) is 3.47. The summed E-state index contributed by atoms with van der Waals surface area (Å²) in [4.78, 5) is 32.0. The Labute approximate surface area is 273 Å². The number of carbonyl (C=O) groups is 2. The molecule has 0 aromatic heterocycles. The first-order valence-electron chi connectivity index (χ1n) is 17.2. The molecule has 5 fully saturated rings. The van der Waals surface area contributed by atoms with E-state index in [1.54, 1.807) is 4.90 Å². The Morgan fingerprint density at radius 1 is 0.978 bits per heavy atom. The maximum Gasteiger partial charge on any atom is 0.264 e. The van der Waals surface area contributed by atoms with Crippen molar-refractivity contribution >= 4 is 33.5 Å². The van der Waals surface area contributed by atoms with Crippen LogP contribution < -0.4 is 10.6 Å². The van der Waals surface area contributed by atoms with Gasteiger partial charge in [0.2, 0.25) is 11.8 Å². The third-order valence-electron chi connectivity index (χ3n) is 10.9. The molecule has 258 valence electrons. The number of unbranched alkanes of at least 4 members (excludes halogenated alkanes) is 1. The predicted octanol–water partition coefficient (Wildman–Crippen LogP) is 2.74. The Bertz CT molecular complexity index is 1110. The summed E-state index contributed by atoms with van der Waals surface area (Å²) in [7, 11) is -4.02. The van der Waals surface area contributed by atoms with Crippen LogP contribution in [0.25, 0.3) is 0 Å². The fraction of sp³-hybridized carbons (Fsp3) is 0.935. The predicted molar refractivity (Wildman–Crippen MR) is 170 cm³/mol. The molecular weight excluding hydrogens is 625 g/mol. The van der Waals surface area contributed by atoms with Crippen LogP contribution in [0, 0.1) is 11.8 Å². The van der Waals surface area contributed by atoms with E-state index in [4.69, 9.17) is 20.9 Å². The standard InChI is InChI=1S/C31H53ClFN5O6S/c32-25-20-34-30(35-21-25)36-12-8-23(9-13-36)4-3-16-44-26-7-6-24(27(33)19-26)18-29(40)37-14-10-31(22-37)11-15-38(31)28(39)5-1-2-17-45(41,42)43/h23-27,30,34-35H,1-22H2,(H,41,42,43). The molecule has 0 radical (unpaired) electrons. The molecule has 0 aromatic rings. The summed E-state index contributed by atoms with van der Waals surface area (Å²) < 4.78 is 52.0. The number of nitrogens with one attached hydrogen (secondary N) is 2. The molecule has 3 N–H and O–H groups in total. The molecule has 0 bridgehead atoms. The monoisotopic (exact) mass is 677 g/mol. The fourth-order valence-electron chi connectivity index (χ4n) is 8.00. The lowest BCUT2D eigenvalue weighted by molar-refractivity contribution is -0.148. The largest absolute Gasteiger partial charge is 0.378 e. The number of amides is 2. The molecule has 4 atom stereocenters. The van der Waals surface area contributed by atoms with Crippen molar-refractivity contribution in [3.8, 4) is 0 Å². The maximum absolute atomic E-state index is 15.2. The maximum atomic E-state index is 15.2. The van der Waals surface area contributed by atoms with Crippen molar-refractivity contribution < 1.29 is 31.7 Å². The van der Waals surface area contributed by atoms with E-state index in [0.29, 0.717) is 51.4 Å². The highest BCUT2D eigenvalue weighted by Crippen LogP contribution is 2.41. The van der Waals surface area contributed by atoms with Gasteiger partial charge in [-0.05, 0) is 76.0 Å². The lowest BCUT2D eigenvalue weighted by Crippen LogP contribution is -2.63. The molecule has 14 heteroatoms. The van der Waals surface area contributed by atoms with Crippen LogP contribution in [-0.2, 0) is 24.4 Å². The molecule has 0 aromatic carbocycles. The van der Waals surface area contributed by atoms with Gasteiger partial charge in [-0.2, -0.15) is 8.42 Å². The van der Waals surface area contributed by atoms with Crippen molar-refractivity contribution in [2.75, 3.05) is 58.2 Å². The lowest BCUT2D eigenvalue weighted by atomic mass is 9.82. The molecule has 5 rings (SSSR count). The van der Waals surface area contributed by atoms with Gasteiger partial charge in [0.05, 0.1) is 22.8 Å². The Hall–Kier alpha value is -1.09. The van der Waals surface area contributed by atoms with Gasteiger partial charge in [-0.15, -0.1) is 11.6 Å². The van der Waals surface area contributed by atoms with E-state index in [1.165, 1.54) is 12.8 Å². The number of halogens is 2. The minimum atomic E-state index is -4.02. The van der Waals surface area contributed by atoms with E-state index in [9.17, 15) is 18.0 Å². The third kappa shape index (κ3) is 9.73. The Morgan fingerprint density at radius 2 is 1.71 bits per heavy atom. The molecule has 4 heterocycles. The van der Waals surface area contributed by atoms with Gasteiger partial charge in [-0.1, -0.05) is 0 Å². The van der Waals surface area contributed by atoms with Gasteiger partial charge in [0.15, 0.2) is 0 Å². The normalized spacial score (nSPS) is 33.4. The summed E-state index contributed by atoms with van der Waals surface area (Å²) in [5.74, 6) is 0.0110. The smallest absolute Gasteiger partial charge is 0.264 e. The van der Waals surface area contributed by atoms with Crippen LogP contribution in [-0.4, -0.2) is 127 Å². The quantitative estimate of drug-likeness (QED) is 0.153. The second-order valence-corrected chi connectivity index (χ2v) is 16.2. The summed E-state index contributed by atoms with van der Waals surface area (Å²) in [6, 6.07) is 0. The summed E-state index contributed by atoms with van der Waals surface area (Å²) in [6.45, 7) is 6.19. The van der Waals surface area contributed by atoms with Crippen LogP contribution in [0.5, 0.6) is 0 Å². The molecule has 4 aliphatic heterocycles.